The fraction of sp³-hybridized carbons (Fsp3) is 0.600. The number of hydrogen-bond acceptors (Lipinski definition) is 2. The Balaban J connectivity index is 2.66. The lowest BCUT2D eigenvalue weighted by molar-refractivity contribution is -0.124. The number of carbonyl (C=O) groups excluding carboxylic acids is 2. The van der Waals surface area contributed by atoms with Crippen LogP contribution in [0.25, 0.3) is 0 Å². The van der Waals surface area contributed by atoms with Gasteiger partial charge in [0.25, 0.3) is 0 Å². The van der Waals surface area contributed by atoms with Crippen LogP contribution < -0.4 is 10.6 Å². The Morgan fingerprint density at radius 2 is 2.10 bits per heavy atom. The summed E-state index contributed by atoms with van der Waals surface area (Å²) in [6, 6.07) is -0.525. The number of hydrogen-bond donors (Lipinski definition) is 2. The van der Waals surface area contributed by atoms with E-state index in [0.717, 1.165) is 0 Å². The van der Waals surface area contributed by atoms with E-state index < -0.39 is 11.5 Å². The highest BCUT2D eigenvalue weighted by atomic mass is 35.5. The van der Waals surface area contributed by atoms with Crippen molar-refractivity contribution >= 4 is 23.5 Å². The second kappa shape index (κ2) is 2.46. The van der Waals surface area contributed by atoms with E-state index in [2.05, 4.69) is 10.6 Å². The van der Waals surface area contributed by atoms with Gasteiger partial charge in [0, 0.05) is 0 Å². The molecule has 0 aromatic heterocycles. The molecule has 0 aromatic carbocycles. The van der Waals surface area contributed by atoms with Crippen LogP contribution in [0.3, 0.4) is 0 Å². The fourth-order valence-corrected chi connectivity index (χ4v) is 0.858. The minimum absolute atomic E-state index is 0.330. The Hall–Kier alpha value is -0.770. The number of imide groups is 1. The Bertz CT molecular complexity index is 182. The van der Waals surface area contributed by atoms with Crippen LogP contribution in [0.1, 0.15) is 6.92 Å². The lowest BCUT2D eigenvalue weighted by Gasteiger charge is -2.23. The summed E-state index contributed by atoms with van der Waals surface area (Å²) in [5.74, 6) is -0.692. The van der Waals surface area contributed by atoms with Gasteiger partial charge in [0.05, 0.1) is 5.92 Å². The Morgan fingerprint density at radius 1 is 1.50 bits per heavy atom. The van der Waals surface area contributed by atoms with Crippen LogP contribution in [0, 0.1) is 5.92 Å². The summed E-state index contributed by atoms with van der Waals surface area (Å²) in [6.07, 6.45) is 0. The number of amides is 3. The summed E-state index contributed by atoms with van der Waals surface area (Å²) < 4.78 is 0. The zero-order valence-electron chi connectivity index (χ0n) is 5.35. The number of alkyl halides is 1. The lowest BCUT2D eigenvalue weighted by Crippen LogP contribution is -2.55. The minimum atomic E-state index is -0.582. The Kier molecular flexibility index (Phi) is 1.80. The average molecular weight is 163 g/mol. The van der Waals surface area contributed by atoms with Gasteiger partial charge < -0.3 is 5.32 Å². The molecule has 0 aliphatic carbocycles. The summed E-state index contributed by atoms with van der Waals surface area (Å²) in [4.78, 5) is 21.3. The molecule has 2 atom stereocenters. The molecule has 56 valence electrons. The quantitative estimate of drug-likeness (QED) is 0.390. The van der Waals surface area contributed by atoms with Gasteiger partial charge in [0.2, 0.25) is 5.91 Å². The molecule has 1 rings (SSSR count). The summed E-state index contributed by atoms with van der Waals surface area (Å²) in [5, 5.41) is 4.44. The first-order valence-electron chi connectivity index (χ1n) is 2.86. The van der Waals surface area contributed by atoms with Crippen LogP contribution in [-0.4, -0.2) is 17.4 Å². The number of nitrogens with one attached hydrogen (secondary N) is 2. The third kappa shape index (κ3) is 1.21. The summed E-state index contributed by atoms with van der Waals surface area (Å²) in [5.41, 5.74) is -0.582. The highest BCUT2D eigenvalue weighted by Crippen LogP contribution is 2.10. The van der Waals surface area contributed by atoms with Gasteiger partial charge in [-0.05, 0) is 0 Å². The lowest BCUT2D eigenvalue weighted by atomic mass is 10.1. The predicted octanol–water partition coefficient (Wildman–Crippen LogP) is 0.0268. The topological polar surface area (TPSA) is 58.2 Å². The van der Waals surface area contributed by atoms with Gasteiger partial charge in [0.15, 0.2) is 0 Å². The van der Waals surface area contributed by atoms with Crippen LogP contribution in [0.2, 0.25) is 0 Å². The minimum Gasteiger partial charge on any atom is -0.321 e. The van der Waals surface area contributed by atoms with E-state index in [4.69, 9.17) is 11.6 Å². The largest absolute Gasteiger partial charge is 0.322 e. The molecule has 3 amide bonds. The first-order valence-corrected chi connectivity index (χ1v) is 3.30. The van der Waals surface area contributed by atoms with Crippen LogP contribution in [0.15, 0.2) is 0 Å². The van der Waals surface area contributed by atoms with Gasteiger partial charge in [-0.2, -0.15) is 0 Å². The van der Waals surface area contributed by atoms with Gasteiger partial charge in [0.1, 0.15) is 5.50 Å². The van der Waals surface area contributed by atoms with Crippen molar-refractivity contribution < 1.29 is 9.59 Å². The van der Waals surface area contributed by atoms with Gasteiger partial charge in [-0.1, -0.05) is 18.5 Å². The molecule has 1 heterocycles. The van der Waals surface area contributed by atoms with Crippen molar-refractivity contribution in [1.82, 2.24) is 10.6 Å². The molecule has 5 heteroatoms. The Labute approximate surface area is 62.9 Å². The number of urea groups is 1. The first kappa shape index (κ1) is 7.34. The zero-order chi connectivity index (χ0) is 7.72. The molecule has 0 spiro atoms. The van der Waals surface area contributed by atoms with Crippen molar-refractivity contribution in [3.8, 4) is 0 Å². The van der Waals surface area contributed by atoms with Crippen molar-refractivity contribution in [3.63, 3.8) is 0 Å². The second-order valence-corrected chi connectivity index (χ2v) is 2.62. The standard InChI is InChI=1S/C5H7ClN2O2/c1-2-3(6)7-5(10)8-4(2)9/h2-3H,1H3,(H2,7,8,9,10). The highest BCUT2D eigenvalue weighted by Gasteiger charge is 2.29. The van der Waals surface area contributed by atoms with Gasteiger partial charge in [-0.15, -0.1) is 0 Å². The van der Waals surface area contributed by atoms with Crippen molar-refractivity contribution in [1.29, 1.82) is 0 Å². The Morgan fingerprint density at radius 3 is 2.60 bits per heavy atom. The van der Waals surface area contributed by atoms with E-state index in [-0.39, 0.29) is 11.8 Å². The normalized spacial score (nSPS) is 33.0. The van der Waals surface area contributed by atoms with E-state index in [1.54, 1.807) is 6.92 Å². The SMILES string of the molecule is CC1C(=O)NC(=O)NC1Cl. The van der Waals surface area contributed by atoms with Gasteiger partial charge >= 0.3 is 6.03 Å². The first-order chi connectivity index (χ1) is 4.61. The van der Waals surface area contributed by atoms with Crippen LogP contribution in [0.4, 0.5) is 4.79 Å². The van der Waals surface area contributed by atoms with Crippen molar-refractivity contribution in [2.24, 2.45) is 5.92 Å². The molecule has 1 fully saturated rings. The number of rotatable bonds is 0. The van der Waals surface area contributed by atoms with E-state index in [0.29, 0.717) is 0 Å². The molecule has 4 nitrogen and oxygen atoms in total. The maximum absolute atomic E-state index is 10.8. The molecule has 2 unspecified atom stereocenters. The summed E-state index contributed by atoms with van der Waals surface area (Å²) >= 11 is 5.56. The third-order valence-corrected chi connectivity index (χ3v) is 1.85. The predicted molar refractivity (Wildman–Crippen MR) is 35.5 cm³/mol. The van der Waals surface area contributed by atoms with Crippen LogP contribution in [-0.2, 0) is 4.79 Å². The third-order valence-electron chi connectivity index (χ3n) is 1.36. The number of carbonyl (C=O) groups is 2. The molecule has 0 aromatic rings. The molecule has 10 heavy (non-hydrogen) atoms. The van der Waals surface area contributed by atoms with Crippen LogP contribution in [0.5, 0.6) is 0 Å². The molecule has 1 saturated heterocycles. The molecule has 1 aliphatic heterocycles. The van der Waals surface area contributed by atoms with Gasteiger partial charge in [-0.3, -0.25) is 10.1 Å². The summed E-state index contributed by atoms with van der Waals surface area (Å²) in [6.45, 7) is 1.65. The molecule has 0 radical (unpaired) electrons. The molecule has 0 bridgehead atoms. The highest BCUT2D eigenvalue weighted by molar-refractivity contribution is 6.24. The maximum atomic E-state index is 10.8. The van der Waals surface area contributed by atoms with Gasteiger partial charge in [-0.25, -0.2) is 4.79 Å². The molecule has 1 aliphatic rings. The van der Waals surface area contributed by atoms with Crippen molar-refractivity contribution in [2.45, 2.75) is 12.4 Å². The smallest absolute Gasteiger partial charge is 0.321 e. The van der Waals surface area contributed by atoms with Crippen LogP contribution >= 0.6 is 11.6 Å². The second-order valence-electron chi connectivity index (χ2n) is 2.15. The van der Waals surface area contributed by atoms with E-state index in [1.807, 2.05) is 0 Å². The van der Waals surface area contributed by atoms with E-state index >= 15 is 0 Å². The van der Waals surface area contributed by atoms with Crippen molar-refractivity contribution in [2.75, 3.05) is 0 Å². The van der Waals surface area contributed by atoms with Crippen molar-refractivity contribution in [3.05, 3.63) is 0 Å². The van der Waals surface area contributed by atoms with E-state index in [9.17, 15) is 9.59 Å². The number of halogens is 1. The fourth-order valence-electron chi connectivity index (χ4n) is 0.645. The molecular formula is C5H7ClN2O2. The maximum Gasteiger partial charge on any atom is 0.322 e. The molecule has 2 N–H and O–H groups in total. The monoisotopic (exact) mass is 162 g/mol. The summed E-state index contributed by atoms with van der Waals surface area (Å²) in [7, 11) is 0. The van der Waals surface area contributed by atoms with E-state index in [1.165, 1.54) is 0 Å². The molecule has 0 saturated carbocycles. The average Bonchev–Trinajstić information content (AvgIpc) is 1.82. The molecular weight excluding hydrogens is 156 g/mol. The zero-order valence-corrected chi connectivity index (χ0v) is 6.11.